The Morgan fingerprint density at radius 1 is 1.24 bits per heavy atom. The van der Waals surface area contributed by atoms with Crippen LogP contribution in [0.15, 0.2) is 42.5 Å². The summed E-state index contributed by atoms with van der Waals surface area (Å²) in [5, 5.41) is 8.75. The predicted molar refractivity (Wildman–Crippen MR) is 92.8 cm³/mol. The third-order valence-corrected chi connectivity index (χ3v) is 3.68. The number of para-hydroxylation sites is 1. The molecule has 1 heterocycles. The molecular weight excluding hydrogens is 322 g/mol. The van der Waals surface area contributed by atoms with Crippen LogP contribution in [0.25, 0.3) is 22.4 Å². The highest BCUT2D eigenvalue weighted by atomic mass is 16.5. The zero-order valence-corrected chi connectivity index (χ0v) is 13.8. The first-order valence-corrected chi connectivity index (χ1v) is 7.97. The minimum absolute atomic E-state index is 0.339. The Labute approximate surface area is 144 Å². The van der Waals surface area contributed by atoms with Crippen LogP contribution in [-0.2, 0) is 4.74 Å². The molecule has 1 amide bonds. The molecule has 0 aliphatic rings. The number of H-pyrrole nitrogens is 1. The number of fused-ring (bicyclic) bond motifs is 1. The van der Waals surface area contributed by atoms with Crippen LogP contribution < -0.4 is 10.2 Å². The van der Waals surface area contributed by atoms with Gasteiger partial charge in [-0.3, -0.25) is 10.0 Å². The lowest BCUT2D eigenvalue weighted by atomic mass is 10.2. The zero-order chi connectivity index (χ0) is 17.6. The lowest BCUT2D eigenvalue weighted by Gasteiger charge is -2.09. The van der Waals surface area contributed by atoms with Crippen molar-refractivity contribution in [3.05, 3.63) is 48.0 Å². The summed E-state index contributed by atoms with van der Waals surface area (Å²) >= 11 is 0. The number of aromatic nitrogens is 2. The van der Waals surface area contributed by atoms with E-state index in [1.807, 2.05) is 31.2 Å². The lowest BCUT2D eigenvalue weighted by Crippen LogP contribution is -2.18. The number of ether oxygens (including phenoxy) is 2. The van der Waals surface area contributed by atoms with E-state index in [0.29, 0.717) is 48.0 Å². The molecule has 0 aliphatic carbocycles. The van der Waals surface area contributed by atoms with Gasteiger partial charge in [0.05, 0.1) is 23.2 Å². The Hall–Kier alpha value is -2.90. The second-order valence-corrected chi connectivity index (χ2v) is 5.30. The van der Waals surface area contributed by atoms with E-state index in [4.69, 9.17) is 14.7 Å². The van der Waals surface area contributed by atoms with E-state index in [1.165, 1.54) is 0 Å². The Balaban J connectivity index is 1.90. The molecule has 3 aromatic rings. The Morgan fingerprint density at radius 2 is 2.08 bits per heavy atom. The van der Waals surface area contributed by atoms with Gasteiger partial charge in [0.25, 0.3) is 5.91 Å². The average molecular weight is 341 g/mol. The maximum absolute atomic E-state index is 11.5. The van der Waals surface area contributed by atoms with E-state index in [0.717, 1.165) is 5.56 Å². The molecule has 3 N–H and O–H groups in total. The number of hydrogen-bond donors (Lipinski definition) is 3. The summed E-state index contributed by atoms with van der Waals surface area (Å²) in [6.07, 6.45) is 0. The van der Waals surface area contributed by atoms with Crippen LogP contribution in [0.4, 0.5) is 0 Å². The van der Waals surface area contributed by atoms with Gasteiger partial charge in [-0.25, -0.2) is 10.5 Å². The number of hydrogen-bond acceptors (Lipinski definition) is 5. The normalized spacial score (nSPS) is 10.8. The van der Waals surface area contributed by atoms with E-state index in [-0.39, 0.29) is 0 Å². The smallest absolute Gasteiger partial charge is 0.274 e. The lowest BCUT2D eigenvalue weighted by molar-refractivity contribution is 0.0706. The number of hydroxylamine groups is 1. The first kappa shape index (κ1) is 16.9. The van der Waals surface area contributed by atoms with E-state index in [1.54, 1.807) is 23.7 Å². The molecule has 0 saturated heterocycles. The maximum Gasteiger partial charge on any atom is 0.274 e. The molecule has 0 spiro atoms. The fourth-order valence-electron chi connectivity index (χ4n) is 2.49. The van der Waals surface area contributed by atoms with Gasteiger partial charge in [-0.05, 0) is 37.3 Å². The summed E-state index contributed by atoms with van der Waals surface area (Å²) in [5.41, 5.74) is 4.19. The van der Waals surface area contributed by atoms with Gasteiger partial charge in [-0.2, -0.15) is 0 Å². The van der Waals surface area contributed by atoms with Crippen molar-refractivity contribution in [3.8, 4) is 17.1 Å². The van der Waals surface area contributed by atoms with Crippen LogP contribution in [-0.4, -0.2) is 40.9 Å². The van der Waals surface area contributed by atoms with Crippen molar-refractivity contribution in [1.82, 2.24) is 15.4 Å². The molecule has 7 heteroatoms. The number of imidazole rings is 1. The fraction of sp³-hybridized carbons (Fsp3) is 0.222. The van der Waals surface area contributed by atoms with Gasteiger partial charge in [-0.15, -0.1) is 0 Å². The van der Waals surface area contributed by atoms with Gasteiger partial charge in [0.2, 0.25) is 0 Å². The van der Waals surface area contributed by atoms with Crippen molar-refractivity contribution >= 4 is 16.9 Å². The molecule has 7 nitrogen and oxygen atoms in total. The Bertz CT molecular complexity index is 876. The number of nitrogens with zero attached hydrogens (tertiary/aromatic N) is 1. The number of rotatable bonds is 7. The monoisotopic (exact) mass is 341 g/mol. The second kappa shape index (κ2) is 7.78. The summed E-state index contributed by atoms with van der Waals surface area (Å²) < 4.78 is 11.1. The van der Waals surface area contributed by atoms with E-state index in [9.17, 15) is 4.79 Å². The Morgan fingerprint density at radius 3 is 2.88 bits per heavy atom. The summed E-state index contributed by atoms with van der Waals surface area (Å²) in [5.74, 6) is 0.774. The van der Waals surface area contributed by atoms with Crippen LogP contribution in [0, 0.1) is 0 Å². The van der Waals surface area contributed by atoms with Gasteiger partial charge in [0.1, 0.15) is 18.2 Å². The van der Waals surface area contributed by atoms with Crippen molar-refractivity contribution in [3.63, 3.8) is 0 Å². The van der Waals surface area contributed by atoms with Crippen LogP contribution >= 0.6 is 0 Å². The number of nitrogens with one attached hydrogen (secondary N) is 2. The van der Waals surface area contributed by atoms with Crippen LogP contribution in [0.3, 0.4) is 0 Å². The average Bonchev–Trinajstić information content (AvgIpc) is 3.08. The van der Waals surface area contributed by atoms with E-state index in [2.05, 4.69) is 9.97 Å². The molecule has 3 rings (SSSR count). The first-order valence-electron chi connectivity index (χ1n) is 7.97. The molecule has 0 unspecified atom stereocenters. The molecular formula is C18H19N3O4. The van der Waals surface area contributed by atoms with E-state index < -0.39 is 5.91 Å². The highest BCUT2D eigenvalue weighted by Gasteiger charge is 2.12. The highest BCUT2D eigenvalue weighted by molar-refractivity contribution is 5.97. The van der Waals surface area contributed by atoms with Gasteiger partial charge in [-0.1, -0.05) is 12.1 Å². The summed E-state index contributed by atoms with van der Waals surface area (Å²) in [4.78, 5) is 19.3. The van der Waals surface area contributed by atoms with Gasteiger partial charge >= 0.3 is 0 Å². The van der Waals surface area contributed by atoms with Crippen LogP contribution in [0.2, 0.25) is 0 Å². The quantitative estimate of drug-likeness (QED) is 0.349. The van der Waals surface area contributed by atoms with Crippen molar-refractivity contribution in [2.45, 2.75) is 6.92 Å². The van der Waals surface area contributed by atoms with Crippen molar-refractivity contribution in [2.75, 3.05) is 19.8 Å². The molecule has 0 saturated carbocycles. The molecule has 130 valence electrons. The van der Waals surface area contributed by atoms with Crippen molar-refractivity contribution < 1.29 is 19.5 Å². The molecule has 0 atom stereocenters. The van der Waals surface area contributed by atoms with Crippen molar-refractivity contribution in [1.29, 1.82) is 0 Å². The highest BCUT2D eigenvalue weighted by Crippen LogP contribution is 2.29. The minimum Gasteiger partial charge on any atom is -0.490 e. The summed E-state index contributed by atoms with van der Waals surface area (Å²) in [6, 6.07) is 12.5. The zero-order valence-electron chi connectivity index (χ0n) is 13.8. The third kappa shape index (κ3) is 3.78. The molecule has 0 radical (unpaired) electrons. The molecule has 0 aliphatic heterocycles. The molecule has 1 aromatic heterocycles. The van der Waals surface area contributed by atoms with E-state index >= 15 is 0 Å². The third-order valence-electron chi connectivity index (χ3n) is 3.68. The van der Waals surface area contributed by atoms with Gasteiger partial charge in [0, 0.05) is 12.2 Å². The van der Waals surface area contributed by atoms with Crippen molar-refractivity contribution in [2.24, 2.45) is 0 Å². The standard InChI is InChI=1S/C18H19N3O4/c1-2-24-9-10-25-16-6-4-3-5-13(16)17-19-14-8-7-12(18(22)21-23)11-15(14)20-17/h3-8,11,23H,2,9-10H2,1H3,(H,19,20)(H,21,22). The SMILES string of the molecule is CCOCCOc1ccccc1-c1nc2ccc(C(=O)NO)cc2[nH]1. The van der Waals surface area contributed by atoms with Gasteiger partial charge < -0.3 is 14.5 Å². The van der Waals surface area contributed by atoms with Crippen LogP contribution in [0.1, 0.15) is 17.3 Å². The number of carbonyl (C=O) groups is 1. The number of carbonyl (C=O) groups excluding carboxylic acids is 1. The largest absolute Gasteiger partial charge is 0.490 e. The Kier molecular flexibility index (Phi) is 5.27. The van der Waals surface area contributed by atoms with Crippen LogP contribution in [0.5, 0.6) is 5.75 Å². The molecule has 25 heavy (non-hydrogen) atoms. The topological polar surface area (TPSA) is 96.5 Å². The summed E-state index contributed by atoms with van der Waals surface area (Å²) in [6.45, 7) is 3.56. The molecule has 0 fully saturated rings. The molecule has 2 aromatic carbocycles. The number of aromatic amines is 1. The first-order chi connectivity index (χ1) is 12.2. The fourth-order valence-corrected chi connectivity index (χ4v) is 2.49. The second-order valence-electron chi connectivity index (χ2n) is 5.30. The molecule has 0 bridgehead atoms. The number of amides is 1. The predicted octanol–water partition coefficient (Wildman–Crippen LogP) is 2.76. The number of benzene rings is 2. The maximum atomic E-state index is 11.5. The summed E-state index contributed by atoms with van der Waals surface area (Å²) in [7, 11) is 0. The minimum atomic E-state index is -0.572. The van der Waals surface area contributed by atoms with Gasteiger partial charge in [0.15, 0.2) is 0 Å².